The highest BCUT2D eigenvalue weighted by molar-refractivity contribution is 6.00. The van der Waals surface area contributed by atoms with Gasteiger partial charge in [0.1, 0.15) is 0 Å². The first-order valence-electron chi connectivity index (χ1n) is 10.3. The molecule has 0 radical (unpaired) electrons. The van der Waals surface area contributed by atoms with Gasteiger partial charge < -0.3 is 0 Å². The first-order valence-corrected chi connectivity index (χ1v) is 10.3. The predicted octanol–water partition coefficient (Wildman–Crippen LogP) is 6.03. The number of carbonyl (C=O) groups excluding carboxylic acids is 1. The van der Waals surface area contributed by atoms with Crippen LogP contribution in [0.2, 0.25) is 0 Å². The Hall–Kier alpha value is -3.98. The van der Waals surface area contributed by atoms with Gasteiger partial charge in [0, 0.05) is 0 Å². The molecular weight excluding hydrogens is 380 g/mol. The molecule has 0 fully saturated rings. The van der Waals surface area contributed by atoms with E-state index >= 15 is 0 Å². The van der Waals surface area contributed by atoms with Crippen LogP contribution in [0.5, 0.6) is 0 Å². The molecule has 4 aromatic carbocycles. The minimum absolute atomic E-state index is 0.155. The van der Waals surface area contributed by atoms with Crippen LogP contribution in [0.3, 0.4) is 0 Å². The number of carbonyl (C=O) groups is 1. The van der Waals surface area contributed by atoms with Gasteiger partial charge in [0.15, 0.2) is 0 Å². The third-order valence-corrected chi connectivity index (χ3v) is 5.27. The standard InChI is InChI=1S/C28H24N2O/c1-21(22-17-19-24(20-18-22)23-11-5-2-6-12-23)29-30-28(31)27(25-13-7-3-8-14-25)26-15-9-4-10-16-26/h2-20,27H,1H3,(H,30,31)/b29-21+. The second kappa shape index (κ2) is 9.68. The fourth-order valence-corrected chi connectivity index (χ4v) is 3.59. The molecule has 1 amide bonds. The second-order valence-corrected chi connectivity index (χ2v) is 7.37. The van der Waals surface area contributed by atoms with E-state index in [2.05, 4.69) is 34.8 Å². The van der Waals surface area contributed by atoms with Crippen molar-refractivity contribution in [1.82, 2.24) is 5.43 Å². The van der Waals surface area contributed by atoms with Crippen LogP contribution in [0.1, 0.15) is 29.5 Å². The van der Waals surface area contributed by atoms with Crippen molar-refractivity contribution in [2.45, 2.75) is 12.8 Å². The van der Waals surface area contributed by atoms with Crippen LogP contribution in [0.4, 0.5) is 0 Å². The molecule has 152 valence electrons. The van der Waals surface area contributed by atoms with E-state index < -0.39 is 5.92 Å². The summed E-state index contributed by atoms with van der Waals surface area (Å²) >= 11 is 0. The van der Waals surface area contributed by atoms with Crippen LogP contribution in [0.15, 0.2) is 120 Å². The molecule has 4 aromatic rings. The van der Waals surface area contributed by atoms with Crippen LogP contribution >= 0.6 is 0 Å². The van der Waals surface area contributed by atoms with Crippen molar-refractivity contribution in [3.8, 4) is 11.1 Å². The van der Waals surface area contributed by atoms with Gasteiger partial charge in [-0.05, 0) is 34.7 Å². The summed E-state index contributed by atoms with van der Waals surface area (Å²) < 4.78 is 0. The van der Waals surface area contributed by atoms with Gasteiger partial charge in [-0.1, -0.05) is 115 Å². The van der Waals surface area contributed by atoms with Gasteiger partial charge in [-0.2, -0.15) is 5.10 Å². The van der Waals surface area contributed by atoms with Gasteiger partial charge in [-0.15, -0.1) is 0 Å². The highest BCUT2D eigenvalue weighted by atomic mass is 16.2. The lowest BCUT2D eigenvalue weighted by Gasteiger charge is -2.16. The molecule has 1 N–H and O–H groups in total. The summed E-state index contributed by atoms with van der Waals surface area (Å²) in [6, 6.07) is 38.0. The zero-order valence-corrected chi connectivity index (χ0v) is 17.4. The third kappa shape index (κ3) is 4.96. The van der Waals surface area contributed by atoms with Crippen molar-refractivity contribution in [3.63, 3.8) is 0 Å². The zero-order valence-electron chi connectivity index (χ0n) is 17.4. The van der Waals surface area contributed by atoms with Gasteiger partial charge in [-0.25, -0.2) is 5.43 Å². The Morgan fingerprint density at radius 2 is 1.10 bits per heavy atom. The fraction of sp³-hybridized carbons (Fsp3) is 0.0714. The molecule has 3 heteroatoms. The summed E-state index contributed by atoms with van der Waals surface area (Å²) in [6.45, 7) is 1.90. The largest absolute Gasteiger partial charge is 0.272 e. The maximum absolute atomic E-state index is 13.1. The molecule has 0 unspecified atom stereocenters. The maximum atomic E-state index is 13.1. The SMILES string of the molecule is C/C(=N\NC(=O)C(c1ccccc1)c1ccccc1)c1ccc(-c2ccccc2)cc1. The number of nitrogens with zero attached hydrogens (tertiary/aromatic N) is 1. The van der Waals surface area contributed by atoms with E-state index in [0.29, 0.717) is 0 Å². The lowest BCUT2D eigenvalue weighted by Crippen LogP contribution is -2.27. The molecule has 0 spiro atoms. The molecule has 0 aliphatic rings. The number of hydrogen-bond donors (Lipinski definition) is 1. The molecule has 0 saturated heterocycles. The topological polar surface area (TPSA) is 41.5 Å². The van der Waals surface area contributed by atoms with E-state index in [9.17, 15) is 4.79 Å². The molecule has 3 nitrogen and oxygen atoms in total. The number of hydrazone groups is 1. The van der Waals surface area contributed by atoms with Gasteiger partial charge in [0.2, 0.25) is 0 Å². The number of hydrogen-bond acceptors (Lipinski definition) is 2. The van der Waals surface area contributed by atoms with Gasteiger partial charge >= 0.3 is 0 Å². The first kappa shape index (κ1) is 20.3. The highest BCUT2D eigenvalue weighted by Crippen LogP contribution is 2.25. The quantitative estimate of drug-likeness (QED) is 0.310. The number of amides is 1. The Morgan fingerprint density at radius 3 is 1.61 bits per heavy atom. The van der Waals surface area contributed by atoms with Crippen LogP contribution in [-0.4, -0.2) is 11.6 Å². The molecule has 0 aromatic heterocycles. The summed E-state index contributed by atoms with van der Waals surface area (Å²) in [7, 11) is 0. The minimum atomic E-state index is -0.417. The molecule has 0 saturated carbocycles. The van der Waals surface area contributed by atoms with Crippen molar-refractivity contribution < 1.29 is 4.79 Å². The summed E-state index contributed by atoms with van der Waals surface area (Å²) in [5.74, 6) is -0.572. The van der Waals surface area contributed by atoms with E-state index in [-0.39, 0.29) is 5.91 Å². The van der Waals surface area contributed by atoms with E-state index in [4.69, 9.17) is 0 Å². The molecule has 0 aliphatic heterocycles. The molecule has 0 heterocycles. The van der Waals surface area contributed by atoms with Gasteiger partial charge in [-0.3, -0.25) is 4.79 Å². The zero-order chi connectivity index (χ0) is 21.5. The van der Waals surface area contributed by atoms with E-state index in [1.54, 1.807) is 0 Å². The van der Waals surface area contributed by atoms with E-state index in [1.165, 1.54) is 5.56 Å². The lowest BCUT2D eigenvalue weighted by molar-refractivity contribution is -0.121. The molecular formula is C28H24N2O. The second-order valence-electron chi connectivity index (χ2n) is 7.37. The van der Waals surface area contributed by atoms with Gasteiger partial charge in [0.05, 0.1) is 11.6 Å². The Labute approximate surface area is 183 Å². The summed E-state index contributed by atoms with van der Waals surface area (Å²) in [4.78, 5) is 13.1. The Morgan fingerprint density at radius 1 is 0.645 bits per heavy atom. The summed E-state index contributed by atoms with van der Waals surface area (Å²) in [5.41, 5.74) is 8.69. The van der Waals surface area contributed by atoms with Crippen molar-refractivity contribution in [2.24, 2.45) is 5.10 Å². The van der Waals surface area contributed by atoms with Crippen molar-refractivity contribution in [3.05, 3.63) is 132 Å². The maximum Gasteiger partial charge on any atom is 0.252 e. The average molecular weight is 405 g/mol. The number of rotatable bonds is 6. The third-order valence-electron chi connectivity index (χ3n) is 5.27. The Kier molecular flexibility index (Phi) is 6.34. The Balaban J connectivity index is 1.52. The Bertz CT molecular complexity index is 1110. The molecule has 0 atom stereocenters. The van der Waals surface area contributed by atoms with Crippen LogP contribution < -0.4 is 5.43 Å². The van der Waals surface area contributed by atoms with Crippen LogP contribution in [-0.2, 0) is 4.79 Å². The molecule has 31 heavy (non-hydrogen) atoms. The van der Waals surface area contributed by atoms with Crippen LogP contribution in [0.25, 0.3) is 11.1 Å². The fourth-order valence-electron chi connectivity index (χ4n) is 3.59. The van der Waals surface area contributed by atoms with Gasteiger partial charge in [0.25, 0.3) is 5.91 Å². The monoisotopic (exact) mass is 404 g/mol. The normalized spacial score (nSPS) is 11.4. The molecule has 0 bridgehead atoms. The summed E-state index contributed by atoms with van der Waals surface area (Å²) in [5, 5.41) is 4.39. The van der Waals surface area contributed by atoms with Crippen molar-refractivity contribution in [2.75, 3.05) is 0 Å². The lowest BCUT2D eigenvalue weighted by atomic mass is 9.91. The van der Waals surface area contributed by atoms with Crippen molar-refractivity contribution >= 4 is 11.6 Å². The summed E-state index contributed by atoms with van der Waals surface area (Å²) in [6.07, 6.45) is 0. The van der Waals surface area contributed by atoms with E-state index in [1.807, 2.05) is 97.9 Å². The number of benzene rings is 4. The van der Waals surface area contributed by atoms with E-state index in [0.717, 1.165) is 28.0 Å². The minimum Gasteiger partial charge on any atom is -0.272 e. The molecule has 0 aliphatic carbocycles. The first-order chi connectivity index (χ1) is 15.2. The van der Waals surface area contributed by atoms with Crippen molar-refractivity contribution in [1.29, 1.82) is 0 Å². The average Bonchev–Trinajstić information content (AvgIpc) is 2.85. The highest BCUT2D eigenvalue weighted by Gasteiger charge is 2.22. The number of nitrogens with one attached hydrogen (secondary N) is 1. The van der Waals surface area contributed by atoms with Crippen LogP contribution in [0, 0.1) is 0 Å². The molecule has 4 rings (SSSR count). The predicted molar refractivity (Wildman–Crippen MR) is 127 cm³/mol. The smallest absolute Gasteiger partial charge is 0.252 e.